The van der Waals surface area contributed by atoms with Crippen LogP contribution < -0.4 is 15.9 Å². The highest BCUT2D eigenvalue weighted by molar-refractivity contribution is 8.00. The maximum Gasteiger partial charge on any atom is 0.511 e. The minimum absolute atomic E-state index is 0.0343. The molecule has 2 aromatic heterocycles. The molecule has 1 aliphatic carbocycles. The first kappa shape index (κ1) is 30.4. The number of allylic oxidation sites excluding steroid dienone is 1. The van der Waals surface area contributed by atoms with Crippen LogP contribution in [-0.2, 0) is 28.6 Å². The summed E-state index contributed by atoms with van der Waals surface area (Å²) in [6.45, 7) is 1.38. The van der Waals surface area contributed by atoms with E-state index in [0.717, 1.165) is 61.2 Å². The fraction of sp³-hybridized carbons (Fsp3) is 0.440. The first-order valence-corrected chi connectivity index (χ1v) is 16.0. The standard InChI is InChI=1S/C25H27N7O8S3/c1-13(38-25(36)39-16-5-3-2-4-6-16)37-23(35)20-14(7-8-15-11-43-31-30-15)10-41-22-19(21(34)32(20)22)28-17(33)9-27-40-18-12-42-24(26)29-18/h7-9,11-13,16,19,22H,2-6,10H2,1H3,(H2,26,29)(H,28,33)/b8-7-,27-9-. The van der Waals surface area contributed by atoms with Crippen molar-refractivity contribution in [2.75, 3.05) is 11.5 Å². The summed E-state index contributed by atoms with van der Waals surface area (Å²) in [6.07, 6.45) is 6.28. The van der Waals surface area contributed by atoms with E-state index in [9.17, 15) is 19.2 Å². The van der Waals surface area contributed by atoms with Crippen LogP contribution in [0.3, 0.4) is 0 Å². The van der Waals surface area contributed by atoms with Crippen LogP contribution >= 0.6 is 34.6 Å². The number of carbonyl (C=O) groups is 4. The van der Waals surface area contributed by atoms with Gasteiger partial charge in [-0.3, -0.25) is 14.5 Å². The summed E-state index contributed by atoms with van der Waals surface area (Å²) in [5.41, 5.74) is 6.54. The number of amides is 2. The molecule has 18 heteroatoms. The minimum atomic E-state index is -1.28. The van der Waals surface area contributed by atoms with Crippen LogP contribution in [0.1, 0.15) is 44.7 Å². The predicted octanol–water partition coefficient (Wildman–Crippen LogP) is 2.68. The minimum Gasteiger partial charge on any atom is -0.431 e. The second kappa shape index (κ2) is 14.0. The van der Waals surface area contributed by atoms with Gasteiger partial charge in [-0.05, 0) is 48.9 Å². The second-order valence-corrected chi connectivity index (χ2v) is 12.1. The maximum atomic E-state index is 13.4. The number of hydrogen-bond acceptors (Lipinski definition) is 16. The third kappa shape index (κ3) is 7.68. The number of rotatable bonds is 10. The Morgan fingerprint density at radius 3 is 2.72 bits per heavy atom. The molecule has 4 heterocycles. The van der Waals surface area contributed by atoms with Crippen molar-refractivity contribution in [3.8, 4) is 5.88 Å². The van der Waals surface area contributed by atoms with Gasteiger partial charge in [0, 0.05) is 18.1 Å². The van der Waals surface area contributed by atoms with E-state index in [1.165, 1.54) is 29.0 Å². The number of aromatic nitrogens is 3. The lowest BCUT2D eigenvalue weighted by Gasteiger charge is -2.49. The molecule has 3 atom stereocenters. The molecule has 5 rings (SSSR count). The topological polar surface area (TPSA) is 198 Å². The molecule has 0 radical (unpaired) electrons. The van der Waals surface area contributed by atoms with E-state index in [2.05, 4.69) is 25.0 Å². The largest absolute Gasteiger partial charge is 0.511 e. The molecule has 43 heavy (non-hydrogen) atoms. The van der Waals surface area contributed by atoms with Gasteiger partial charge in [-0.2, -0.15) is 4.98 Å². The first-order valence-electron chi connectivity index (χ1n) is 13.2. The number of nitrogen functional groups attached to an aromatic ring is 1. The zero-order valence-corrected chi connectivity index (χ0v) is 25.2. The van der Waals surface area contributed by atoms with Crippen LogP contribution in [-0.4, -0.2) is 79.2 Å². The Balaban J connectivity index is 1.24. The van der Waals surface area contributed by atoms with Crippen molar-refractivity contribution in [1.82, 2.24) is 24.8 Å². The molecule has 1 saturated heterocycles. The summed E-state index contributed by atoms with van der Waals surface area (Å²) >= 11 is 3.66. The molecule has 3 N–H and O–H groups in total. The van der Waals surface area contributed by atoms with E-state index in [4.69, 9.17) is 24.8 Å². The van der Waals surface area contributed by atoms with Crippen LogP contribution in [0.4, 0.5) is 9.93 Å². The van der Waals surface area contributed by atoms with Gasteiger partial charge in [0.25, 0.3) is 17.7 Å². The van der Waals surface area contributed by atoms with Crippen LogP contribution in [0.2, 0.25) is 0 Å². The molecule has 1 saturated carbocycles. The fourth-order valence-electron chi connectivity index (χ4n) is 4.54. The molecule has 2 aromatic rings. The Morgan fingerprint density at radius 2 is 2.00 bits per heavy atom. The Hall–Kier alpha value is -4.03. The van der Waals surface area contributed by atoms with Crippen molar-refractivity contribution >= 4 is 76.0 Å². The van der Waals surface area contributed by atoms with E-state index >= 15 is 0 Å². The fourth-order valence-corrected chi connectivity index (χ4v) is 6.74. The first-order chi connectivity index (χ1) is 20.8. The van der Waals surface area contributed by atoms with Crippen molar-refractivity contribution in [2.45, 2.75) is 62.8 Å². The van der Waals surface area contributed by atoms with Gasteiger partial charge < -0.3 is 30.1 Å². The van der Waals surface area contributed by atoms with E-state index in [0.29, 0.717) is 17.0 Å². The summed E-state index contributed by atoms with van der Waals surface area (Å²) in [6, 6.07) is -0.936. The van der Waals surface area contributed by atoms with Gasteiger partial charge in [-0.25, -0.2) is 9.59 Å². The summed E-state index contributed by atoms with van der Waals surface area (Å²) in [4.78, 5) is 61.4. The SMILES string of the molecule is CC(OC(=O)OC1CCCCC1)OC(=O)C1=C(/C=C\c2csnn2)CSC2C(NC(=O)/C=N\Oc3csc(N)n3)C(=O)N12. The molecule has 2 aliphatic heterocycles. The molecule has 0 spiro atoms. The molecule has 2 fully saturated rings. The Kier molecular flexibility index (Phi) is 9.88. The van der Waals surface area contributed by atoms with Gasteiger partial charge in [0.05, 0.1) is 11.1 Å². The quantitative estimate of drug-likeness (QED) is 0.125. The number of β-lactam (4-membered cyclic amide) rings is 1. The van der Waals surface area contributed by atoms with Crippen LogP contribution in [0, 0.1) is 0 Å². The lowest BCUT2D eigenvalue weighted by Crippen LogP contribution is -2.70. The summed E-state index contributed by atoms with van der Waals surface area (Å²) in [5, 5.41) is 13.0. The van der Waals surface area contributed by atoms with Crippen LogP contribution in [0.25, 0.3) is 6.08 Å². The average Bonchev–Trinajstić information content (AvgIpc) is 3.66. The maximum absolute atomic E-state index is 13.4. The van der Waals surface area contributed by atoms with Crippen molar-refractivity contribution in [3.05, 3.63) is 33.8 Å². The molecular formula is C25H27N7O8S3. The molecule has 2 amide bonds. The third-order valence-electron chi connectivity index (χ3n) is 6.49. The van der Waals surface area contributed by atoms with Gasteiger partial charge in [0.1, 0.15) is 29.4 Å². The number of nitrogens with two attached hydrogens (primary N) is 1. The van der Waals surface area contributed by atoms with Crippen LogP contribution in [0.5, 0.6) is 5.88 Å². The van der Waals surface area contributed by atoms with Crippen molar-refractivity contribution in [3.63, 3.8) is 0 Å². The number of fused-ring (bicyclic) bond motifs is 1. The van der Waals surface area contributed by atoms with Gasteiger partial charge in [-0.15, -0.1) is 28.2 Å². The lowest BCUT2D eigenvalue weighted by atomic mass is 9.98. The van der Waals surface area contributed by atoms with Crippen molar-refractivity contribution in [2.24, 2.45) is 5.16 Å². The van der Waals surface area contributed by atoms with Gasteiger partial charge in [0.2, 0.25) is 6.29 Å². The predicted molar refractivity (Wildman–Crippen MR) is 157 cm³/mol. The van der Waals surface area contributed by atoms with E-state index in [-0.39, 0.29) is 22.8 Å². The zero-order chi connectivity index (χ0) is 30.3. The van der Waals surface area contributed by atoms with Crippen molar-refractivity contribution < 1.29 is 38.2 Å². The van der Waals surface area contributed by atoms with E-state index in [1.54, 1.807) is 17.5 Å². The Labute approximate surface area is 257 Å². The van der Waals surface area contributed by atoms with E-state index in [1.807, 2.05) is 0 Å². The molecule has 0 bridgehead atoms. The number of oxime groups is 1. The second-order valence-electron chi connectivity index (χ2n) is 9.50. The number of ether oxygens (including phenoxy) is 3. The number of carbonyl (C=O) groups excluding carboxylic acids is 4. The lowest BCUT2D eigenvalue weighted by molar-refractivity contribution is -0.169. The van der Waals surface area contributed by atoms with Gasteiger partial charge in [0.15, 0.2) is 5.13 Å². The summed E-state index contributed by atoms with van der Waals surface area (Å²) < 4.78 is 19.7. The van der Waals surface area contributed by atoms with Crippen molar-refractivity contribution in [1.29, 1.82) is 0 Å². The van der Waals surface area contributed by atoms with Crippen LogP contribution in [0.15, 0.2) is 33.3 Å². The third-order valence-corrected chi connectivity index (χ3v) is 8.97. The molecular weight excluding hydrogens is 623 g/mol. The highest BCUT2D eigenvalue weighted by Crippen LogP contribution is 2.41. The number of anilines is 1. The number of nitrogens with one attached hydrogen (secondary N) is 1. The number of nitrogens with zero attached hydrogens (tertiary/aromatic N) is 5. The molecule has 3 unspecified atom stereocenters. The Morgan fingerprint density at radius 1 is 1.19 bits per heavy atom. The summed E-state index contributed by atoms with van der Waals surface area (Å²) in [7, 11) is 0. The number of esters is 1. The molecule has 15 nitrogen and oxygen atoms in total. The zero-order valence-electron chi connectivity index (χ0n) is 22.7. The number of thioether (sulfide) groups is 1. The Bertz CT molecular complexity index is 1440. The number of thiazole rings is 1. The van der Waals surface area contributed by atoms with E-state index < -0.39 is 41.6 Å². The number of hydrogen-bond donors (Lipinski definition) is 2. The van der Waals surface area contributed by atoms with Gasteiger partial charge >= 0.3 is 12.1 Å². The summed E-state index contributed by atoms with van der Waals surface area (Å²) in [5.74, 6) is -1.67. The smallest absolute Gasteiger partial charge is 0.431 e. The average molecular weight is 650 g/mol. The van der Waals surface area contributed by atoms with Gasteiger partial charge in [-0.1, -0.05) is 22.1 Å². The molecule has 228 valence electrons. The highest BCUT2D eigenvalue weighted by atomic mass is 32.2. The molecule has 3 aliphatic rings. The molecule has 0 aromatic carbocycles. The normalized spacial score (nSPS) is 21.3. The monoisotopic (exact) mass is 649 g/mol. The highest BCUT2D eigenvalue weighted by Gasteiger charge is 2.54.